The molecule has 1 saturated heterocycles. The van der Waals surface area contributed by atoms with Crippen molar-refractivity contribution in [3.05, 3.63) is 288 Å². The zero-order chi connectivity index (χ0) is 91.7. The van der Waals surface area contributed by atoms with Crippen molar-refractivity contribution in [3.63, 3.8) is 0 Å². The third kappa shape index (κ3) is 25.1. The van der Waals surface area contributed by atoms with Crippen molar-refractivity contribution in [1.29, 1.82) is 0 Å². The quantitative estimate of drug-likeness (QED) is 0.0374. The van der Waals surface area contributed by atoms with Gasteiger partial charge in [0, 0.05) is 133 Å². The van der Waals surface area contributed by atoms with E-state index in [4.69, 9.17) is 34.0 Å². The Morgan fingerprint density at radius 2 is 0.784 bits per heavy atom. The molecular formula is C85H94B4BrClN11O17S6. The van der Waals surface area contributed by atoms with Crippen LogP contribution in [-0.2, 0) is 72.4 Å². The molecule has 5 aromatic carbocycles. The van der Waals surface area contributed by atoms with Gasteiger partial charge < -0.3 is 38.3 Å². The van der Waals surface area contributed by atoms with Crippen LogP contribution in [0.15, 0.2) is 289 Å². The van der Waals surface area contributed by atoms with Gasteiger partial charge in [0.1, 0.15) is 5.65 Å². The Labute approximate surface area is 749 Å². The first kappa shape index (κ1) is 99.0. The minimum absolute atomic E-state index is 0.0961. The van der Waals surface area contributed by atoms with Gasteiger partial charge in [-0.1, -0.05) is 88.5 Å². The summed E-state index contributed by atoms with van der Waals surface area (Å²) in [6.45, 7) is 29.1. The smallest absolute Gasteiger partial charge is 0.137 e. The molecule has 10 aromatic heterocycles. The number of fused-ring (bicyclic) bond motifs is 5. The van der Waals surface area contributed by atoms with E-state index in [1.807, 2.05) is 146 Å². The van der Waals surface area contributed by atoms with Crippen LogP contribution >= 0.6 is 39.4 Å². The third-order valence-corrected chi connectivity index (χ3v) is 27.6. The van der Waals surface area contributed by atoms with E-state index in [1.165, 1.54) is 61.0 Å². The Bertz CT molecular complexity index is 6730. The van der Waals surface area contributed by atoms with Gasteiger partial charge in [0.2, 0.25) is 0 Å². The van der Waals surface area contributed by atoms with E-state index in [1.54, 1.807) is 164 Å². The predicted octanol–water partition coefficient (Wildman–Crippen LogP) is 15.0. The van der Waals surface area contributed by atoms with Crippen molar-refractivity contribution in [1.82, 2.24) is 45.8 Å². The number of aryl methyl sites for hydroxylation is 5. The topological polar surface area (TPSA) is 370 Å². The Morgan fingerprint density at radius 1 is 0.456 bits per heavy atom. The molecule has 16 rings (SSSR count). The molecule has 0 bridgehead atoms. The molecule has 125 heavy (non-hydrogen) atoms. The van der Waals surface area contributed by atoms with Gasteiger partial charge in [-0.25, -0.2) is 82.9 Å². The molecule has 11 heterocycles. The second-order valence-electron chi connectivity index (χ2n) is 30.0. The van der Waals surface area contributed by atoms with E-state index in [2.05, 4.69) is 70.6 Å². The second kappa shape index (κ2) is 42.7. The molecule has 3 N–H and O–H groups in total. The van der Waals surface area contributed by atoms with Crippen molar-refractivity contribution in [2.75, 3.05) is 0 Å². The summed E-state index contributed by atoms with van der Waals surface area (Å²) in [7, 11) is -12.0. The fourth-order valence-corrected chi connectivity index (χ4v) is 18.5. The number of hydrogen-bond donors (Lipinski definition) is 4. The number of hydrogen-bond acceptors (Lipinski definition) is 24. The van der Waals surface area contributed by atoms with Crippen molar-refractivity contribution in [2.24, 2.45) is 4.30 Å². The summed E-state index contributed by atoms with van der Waals surface area (Å²) in [5, 5.41) is 22.7. The van der Waals surface area contributed by atoms with Crippen LogP contribution in [0.2, 0.25) is 0 Å². The van der Waals surface area contributed by atoms with Crippen molar-refractivity contribution in [3.8, 4) is 0 Å². The number of thiol groups is 1. The molecular weight excluding hydrogens is 1800 g/mol. The third-order valence-electron chi connectivity index (χ3n) is 18.9. The van der Waals surface area contributed by atoms with Crippen LogP contribution in [0.5, 0.6) is 0 Å². The summed E-state index contributed by atoms with van der Waals surface area (Å²) >= 11 is 6.56. The summed E-state index contributed by atoms with van der Waals surface area (Å²) < 4.78 is 161. The number of aromatic nitrogens is 10. The van der Waals surface area contributed by atoms with E-state index >= 15 is 0 Å². The van der Waals surface area contributed by atoms with Gasteiger partial charge in [-0.3, -0.25) is 0 Å². The molecule has 0 amide bonds. The molecule has 0 aliphatic carbocycles. The minimum atomic E-state index is -3.86. The van der Waals surface area contributed by atoms with Crippen LogP contribution in [0.4, 0.5) is 0 Å². The van der Waals surface area contributed by atoms with Crippen LogP contribution in [-0.4, -0.2) is 157 Å². The van der Waals surface area contributed by atoms with E-state index in [0.717, 1.165) is 53.6 Å². The molecule has 0 unspecified atom stereocenters. The van der Waals surface area contributed by atoms with Crippen molar-refractivity contribution in [2.45, 2.75) is 158 Å². The maximum absolute atomic E-state index is 13.3. The number of halogens is 2. The number of nitrogens with zero attached hydrogens (tertiary/aromatic N) is 10. The van der Waals surface area contributed by atoms with Gasteiger partial charge in [-0.15, -0.1) is 0 Å². The van der Waals surface area contributed by atoms with Gasteiger partial charge >= 0.3 is 46.3 Å². The largest absolute Gasteiger partial charge is 0.346 e. The molecule has 0 saturated carbocycles. The average Bonchev–Trinajstić information content (AvgIpc) is 1.59. The number of pyridine rings is 5. The summed E-state index contributed by atoms with van der Waals surface area (Å²) in [6, 6.07) is 54.9. The second-order valence-corrected chi connectivity index (χ2v) is 41.0. The van der Waals surface area contributed by atoms with Crippen LogP contribution < -0.4 is 10.9 Å². The molecule has 1 aliphatic rings. The van der Waals surface area contributed by atoms with Gasteiger partial charge in [0.15, 0.2) is 22.6 Å². The van der Waals surface area contributed by atoms with E-state index in [-0.39, 0.29) is 53.9 Å². The number of benzene rings is 5. The van der Waals surface area contributed by atoms with Gasteiger partial charge in [-0.2, -0.15) is 0 Å². The Hall–Kier alpha value is -9.80. The Morgan fingerprint density at radius 3 is 1.18 bits per heavy atom. The molecule has 653 valence electrons. The maximum atomic E-state index is 13.3. The molecule has 0 atom stereocenters. The number of aromatic amines is 1. The van der Waals surface area contributed by atoms with E-state index in [9.17, 15) is 52.1 Å². The first-order chi connectivity index (χ1) is 58.8. The van der Waals surface area contributed by atoms with Crippen LogP contribution in [0, 0.1) is 34.6 Å². The molecule has 15 aromatic rings. The average molecular weight is 1890 g/mol. The Balaban J connectivity index is 0.000000168. The summed E-state index contributed by atoms with van der Waals surface area (Å²) in [4.78, 5) is 24.8. The van der Waals surface area contributed by atoms with Crippen molar-refractivity contribution < 1.29 is 75.4 Å². The van der Waals surface area contributed by atoms with Crippen LogP contribution in [0.3, 0.4) is 0 Å². The fraction of sp³-hybridized carbons (Fsp3) is 0.235. The van der Waals surface area contributed by atoms with Gasteiger partial charge in [0.25, 0.3) is 49.1 Å². The van der Waals surface area contributed by atoms with E-state index in [0.29, 0.717) is 37.6 Å². The zero-order valence-corrected chi connectivity index (χ0v) is 78.3. The normalized spacial score (nSPS) is 13.0. The summed E-state index contributed by atoms with van der Waals surface area (Å²) in [6.07, 6.45) is 16.0. The molecule has 1 fully saturated rings. The molecule has 0 spiro atoms. The van der Waals surface area contributed by atoms with E-state index < -0.39 is 81.9 Å². The number of nitrogens with one attached hydrogen (secondary N) is 1. The SMILES string of the molecule is CC(C)OB(OC(C)C)OC(C)C.Cc1ccc(S(=O)(=O)Cl)cc1.Cc1ccc(S(=O)(=O)n2cc(B(O)O)c3cccnc32)cc1.Cc1ccc(S(=O)(=O)n2cc(B3OC(C)(C)C(C)(C)O3)c3cccnc32)cc1.Cc1ccc(S(=O)(=O)n2cc(Br)c3cccnc32)cc1.Cc1ccc(S(=O)(=O)n2ccc3cccnc32)cc1.[B]=NS.c1cnc2[nH]ccc2c1. The molecule has 1 radical (unpaired) electrons. The van der Waals surface area contributed by atoms with Gasteiger partial charge in [0.05, 0.1) is 35.7 Å². The maximum Gasteiger partial charge on any atom is 0.137 e. The predicted molar refractivity (Wildman–Crippen MR) is 499 cm³/mol. The zero-order valence-electron chi connectivity index (χ0n) is 71.0. The standard InChI is InChI=1S/C20H23BN2O4S.C14H13BN2O4S.C14H11BrN2O2S.C14H12N2O2S.C9H21BO3.C7H7ClO2S.C7H6N2.BHNS/c1-14-8-10-15(11-9-14)28(24,25)23-13-17(16-7-6-12-22-18(16)23)21-26-19(2,3)20(4,5)27-21;1-10-4-6-11(7-5-10)22(20,21)17-9-13(15(18)19)12-3-2-8-16-14(12)17;1-10-4-6-11(7-5-10)20(18,19)17-9-13(15)12-3-2-8-16-14(12)17;1-11-4-6-13(7-5-11)19(17,18)16-10-8-12-3-2-9-15-14(12)16;1-7(2)11-10(12-8(3)4)13-9(5)6;1-6-2-4-7(5-3-6)11(8,9)10;1-2-6-3-5-9-7(6)8-4-1;1-2-3/h6-13H,1-5H3;2-9,18-19H,1H3;2-9H,1H3;2-10H,1H3;7-9H,1-6H3;2-5H,1H3;1-5H,(H,8,9);3H. The van der Waals surface area contributed by atoms with Crippen molar-refractivity contribution >= 4 is 184 Å². The fourth-order valence-electron chi connectivity index (χ4n) is 11.8. The molecule has 1 aliphatic heterocycles. The first-order valence-corrected chi connectivity index (χ1v) is 48.0. The molecule has 40 heteroatoms. The number of H-pyrrole nitrogens is 1. The van der Waals surface area contributed by atoms with Gasteiger partial charge in [-0.05, 0) is 253 Å². The summed E-state index contributed by atoms with van der Waals surface area (Å²) in [5.74, 6) is 0. The Kier molecular flexibility index (Phi) is 33.8. The number of rotatable bonds is 17. The van der Waals surface area contributed by atoms with Crippen LogP contribution in [0.25, 0.3) is 55.2 Å². The molecule has 28 nitrogen and oxygen atoms in total. The minimum Gasteiger partial charge on any atom is -0.346 e. The first-order valence-electron chi connectivity index (χ1n) is 38.7. The summed E-state index contributed by atoms with van der Waals surface area (Å²) in [5.41, 5.74) is 7.02. The van der Waals surface area contributed by atoms with Crippen LogP contribution in [0.1, 0.15) is 97.1 Å². The monoisotopic (exact) mass is 1890 g/mol.